The number of hydrogen-bond donors (Lipinski definition) is 1. The second-order valence-corrected chi connectivity index (χ2v) is 4.92. The summed E-state index contributed by atoms with van der Waals surface area (Å²) in [6.45, 7) is 5.35. The number of nitriles is 1. The second-order valence-electron chi connectivity index (χ2n) is 4.92. The summed E-state index contributed by atoms with van der Waals surface area (Å²) in [5.74, 6) is 0.838. The predicted octanol–water partition coefficient (Wildman–Crippen LogP) is 2.73. The Morgan fingerprint density at radius 1 is 1.47 bits per heavy atom. The van der Waals surface area contributed by atoms with Gasteiger partial charge in [-0.3, -0.25) is 4.57 Å². The Morgan fingerprint density at radius 2 is 2.16 bits per heavy atom. The van der Waals surface area contributed by atoms with Crippen LogP contribution >= 0.6 is 0 Å². The van der Waals surface area contributed by atoms with Crippen molar-refractivity contribution in [3.05, 3.63) is 36.2 Å². The van der Waals surface area contributed by atoms with Crippen LogP contribution in [0.2, 0.25) is 0 Å². The fourth-order valence-corrected chi connectivity index (χ4v) is 2.16. The van der Waals surface area contributed by atoms with Crippen molar-refractivity contribution in [2.24, 2.45) is 0 Å². The monoisotopic (exact) mass is 255 g/mol. The molecule has 4 heteroatoms. The van der Waals surface area contributed by atoms with Crippen molar-refractivity contribution >= 4 is 16.7 Å². The van der Waals surface area contributed by atoms with E-state index in [-0.39, 0.29) is 0 Å². The highest BCUT2D eigenvalue weighted by Gasteiger charge is 2.24. The number of aromatic nitrogens is 2. The maximum absolute atomic E-state index is 10.3. The van der Waals surface area contributed by atoms with E-state index in [9.17, 15) is 5.11 Å². The van der Waals surface area contributed by atoms with Gasteiger partial charge in [0, 0.05) is 12.5 Å². The lowest BCUT2D eigenvalue weighted by atomic mass is 10.0. The molecule has 1 N–H and O–H groups in total. The highest BCUT2D eigenvalue weighted by molar-refractivity contribution is 5.81. The summed E-state index contributed by atoms with van der Waals surface area (Å²) in [4.78, 5) is 4.55. The lowest BCUT2D eigenvalue weighted by Gasteiger charge is -2.23. The number of benzene rings is 1. The van der Waals surface area contributed by atoms with Gasteiger partial charge in [0.05, 0.1) is 22.8 Å². The summed E-state index contributed by atoms with van der Waals surface area (Å²) in [7, 11) is 0. The Hall–Kier alpha value is -2.12. The van der Waals surface area contributed by atoms with Crippen LogP contribution in [0.1, 0.15) is 26.6 Å². The molecule has 0 bridgehead atoms. The molecule has 98 valence electrons. The van der Waals surface area contributed by atoms with E-state index in [0.717, 1.165) is 23.3 Å². The van der Waals surface area contributed by atoms with Crippen molar-refractivity contribution in [2.45, 2.75) is 32.8 Å². The summed E-state index contributed by atoms with van der Waals surface area (Å²) in [5.41, 5.74) is 1.21. The van der Waals surface area contributed by atoms with Gasteiger partial charge in [0.2, 0.25) is 0 Å². The van der Waals surface area contributed by atoms with Gasteiger partial charge >= 0.3 is 0 Å². The SMILES string of the molecule is CCc1nc2ccccc2n1C(=CC#N)C(C)(C)O. The van der Waals surface area contributed by atoms with E-state index in [0.29, 0.717) is 5.70 Å². The summed E-state index contributed by atoms with van der Waals surface area (Å²) in [6.07, 6.45) is 2.11. The quantitative estimate of drug-likeness (QED) is 0.858. The number of hydrogen-bond acceptors (Lipinski definition) is 3. The minimum Gasteiger partial charge on any atom is -0.384 e. The minimum atomic E-state index is -1.11. The Morgan fingerprint density at radius 3 is 2.74 bits per heavy atom. The first kappa shape index (κ1) is 13.3. The molecule has 0 atom stereocenters. The first-order chi connectivity index (χ1) is 8.99. The zero-order chi connectivity index (χ0) is 14.0. The Labute approximate surface area is 112 Å². The number of aryl methyl sites for hydroxylation is 1. The molecule has 1 aromatic heterocycles. The van der Waals surface area contributed by atoms with E-state index in [1.54, 1.807) is 13.8 Å². The van der Waals surface area contributed by atoms with Crippen molar-refractivity contribution in [2.75, 3.05) is 0 Å². The van der Waals surface area contributed by atoms with Crippen molar-refractivity contribution in [3.8, 4) is 6.07 Å². The summed E-state index contributed by atoms with van der Waals surface area (Å²) >= 11 is 0. The average molecular weight is 255 g/mol. The molecule has 0 fully saturated rings. The van der Waals surface area contributed by atoms with Crippen LogP contribution < -0.4 is 0 Å². The molecule has 1 heterocycles. The third-order valence-corrected chi connectivity index (χ3v) is 3.02. The zero-order valence-corrected chi connectivity index (χ0v) is 11.4. The van der Waals surface area contributed by atoms with Gasteiger partial charge in [-0.25, -0.2) is 4.98 Å². The summed E-state index contributed by atoms with van der Waals surface area (Å²) < 4.78 is 1.87. The molecule has 1 aromatic carbocycles. The van der Waals surface area contributed by atoms with E-state index < -0.39 is 5.60 Å². The molecular weight excluding hydrogens is 238 g/mol. The van der Waals surface area contributed by atoms with Crippen molar-refractivity contribution < 1.29 is 5.11 Å². The smallest absolute Gasteiger partial charge is 0.114 e. The van der Waals surface area contributed by atoms with Gasteiger partial charge in [0.1, 0.15) is 11.4 Å². The van der Waals surface area contributed by atoms with Gasteiger partial charge in [0.25, 0.3) is 0 Å². The fourth-order valence-electron chi connectivity index (χ4n) is 2.16. The maximum atomic E-state index is 10.3. The number of aliphatic hydroxyl groups is 1. The number of para-hydroxylation sites is 2. The van der Waals surface area contributed by atoms with Gasteiger partial charge in [-0.15, -0.1) is 0 Å². The van der Waals surface area contributed by atoms with Crippen LogP contribution in [0.3, 0.4) is 0 Å². The maximum Gasteiger partial charge on any atom is 0.114 e. The summed E-state index contributed by atoms with van der Waals surface area (Å²) in [6, 6.07) is 9.73. The lowest BCUT2D eigenvalue weighted by Crippen LogP contribution is -2.25. The van der Waals surface area contributed by atoms with Gasteiger partial charge in [-0.1, -0.05) is 19.1 Å². The molecule has 4 nitrogen and oxygen atoms in total. The molecule has 0 spiro atoms. The van der Waals surface area contributed by atoms with E-state index in [2.05, 4.69) is 4.98 Å². The van der Waals surface area contributed by atoms with Crippen LogP contribution in [0.25, 0.3) is 16.7 Å². The Balaban J connectivity index is 2.80. The van der Waals surface area contributed by atoms with E-state index in [1.807, 2.05) is 41.8 Å². The number of fused-ring (bicyclic) bond motifs is 1. The van der Waals surface area contributed by atoms with Crippen LogP contribution in [0.15, 0.2) is 30.3 Å². The fraction of sp³-hybridized carbons (Fsp3) is 0.333. The molecule has 19 heavy (non-hydrogen) atoms. The topological polar surface area (TPSA) is 61.8 Å². The van der Waals surface area contributed by atoms with Crippen molar-refractivity contribution in [1.29, 1.82) is 5.26 Å². The predicted molar refractivity (Wildman–Crippen MR) is 75.3 cm³/mol. The molecule has 0 saturated heterocycles. The molecule has 0 radical (unpaired) electrons. The number of imidazole rings is 1. The molecule has 0 amide bonds. The van der Waals surface area contributed by atoms with E-state index in [4.69, 9.17) is 5.26 Å². The molecule has 0 aliphatic carbocycles. The molecule has 0 aliphatic rings. The number of rotatable bonds is 3. The first-order valence-corrected chi connectivity index (χ1v) is 6.28. The van der Waals surface area contributed by atoms with Crippen LogP contribution in [0, 0.1) is 11.3 Å². The largest absolute Gasteiger partial charge is 0.384 e. The second kappa shape index (κ2) is 4.87. The van der Waals surface area contributed by atoms with Gasteiger partial charge in [-0.2, -0.15) is 5.26 Å². The minimum absolute atomic E-state index is 0.542. The molecule has 2 aromatic rings. The van der Waals surface area contributed by atoms with Crippen molar-refractivity contribution in [1.82, 2.24) is 9.55 Å². The number of allylic oxidation sites excluding steroid dienone is 1. The van der Waals surface area contributed by atoms with Crippen LogP contribution in [-0.2, 0) is 6.42 Å². The zero-order valence-electron chi connectivity index (χ0n) is 11.4. The third-order valence-electron chi connectivity index (χ3n) is 3.02. The van der Waals surface area contributed by atoms with Crippen LogP contribution in [0.4, 0.5) is 0 Å². The number of nitrogens with zero attached hydrogens (tertiary/aromatic N) is 3. The van der Waals surface area contributed by atoms with Gasteiger partial charge < -0.3 is 5.11 Å². The average Bonchev–Trinajstić information content (AvgIpc) is 2.72. The van der Waals surface area contributed by atoms with Gasteiger partial charge in [0.15, 0.2) is 0 Å². The van der Waals surface area contributed by atoms with E-state index in [1.165, 1.54) is 6.08 Å². The summed E-state index contributed by atoms with van der Waals surface area (Å²) in [5, 5.41) is 19.3. The first-order valence-electron chi connectivity index (χ1n) is 6.28. The molecular formula is C15H17N3O. The van der Waals surface area contributed by atoms with Crippen LogP contribution in [-0.4, -0.2) is 20.3 Å². The highest BCUT2D eigenvalue weighted by atomic mass is 16.3. The highest BCUT2D eigenvalue weighted by Crippen LogP contribution is 2.28. The Bertz CT molecular complexity index is 669. The van der Waals surface area contributed by atoms with Crippen molar-refractivity contribution in [3.63, 3.8) is 0 Å². The Kier molecular flexibility index (Phi) is 3.41. The van der Waals surface area contributed by atoms with Gasteiger partial charge in [-0.05, 0) is 26.0 Å². The standard InChI is InChI=1S/C15H17N3O/c1-4-14-17-11-7-5-6-8-12(11)18(14)13(9-10-16)15(2,3)19/h5-9,19H,4H2,1-3H3. The third kappa shape index (κ3) is 2.38. The molecule has 0 aliphatic heterocycles. The normalized spacial score (nSPS) is 12.7. The van der Waals surface area contributed by atoms with E-state index >= 15 is 0 Å². The molecule has 2 rings (SSSR count). The molecule has 0 saturated carbocycles. The molecule has 0 unspecified atom stereocenters. The van der Waals surface area contributed by atoms with Crippen LogP contribution in [0.5, 0.6) is 0 Å². The lowest BCUT2D eigenvalue weighted by molar-refractivity contribution is 0.137.